The second kappa shape index (κ2) is 17.1. The molecule has 1 aromatic carbocycles. The molecule has 8 fully saturated rings. The summed E-state index contributed by atoms with van der Waals surface area (Å²) in [5.74, 6) is 0.497. The molecule has 15 heteroatoms. The highest BCUT2D eigenvalue weighted by Gasteiger charge is 2.72. The van der Waals surface area contributed by atoms with Crippen LogP contribution in [0.3, 0.4) is 0 Å². The van der Waals surface area contributed by atoms with Gasteiger partial charge in [0, 0.05) is 30.6 Å². The van der Waals surface area contributed by atoms with Crippen molar-refractivity contribution < 1.29 is 72.6 Å². The molecule has 4 heterocycles. The van der Waals surface area contributed by atoms with Crippen LogP contribution in [0.4, 0.5) is 0 Å². The molecule has 346 valence electrons. The fourth-order valence-electron chi connectivity index (χ4n) is 14.0. The van der Waals surface area contributed by atoms with Gasteiger partial charge in [-0.25, -0.2) is 4.79 Å². The van der Waals surface area contributed by atoms with Crippen molar-refractivity contribution in [3.63, 3.8) is 0 Å². The van der Waals surface area contributed by atoms with Crippen LogP contribution in [0.2, 0.25) is 0 Å². The zero-order valence-corrected chi connectivity index (χ0v) is 37.0. The second-order valence-electron chi connectivity index (χ2n) is 20.6. The van der Waals surface area contributed by atoms with E-state index in [1.54, 1.807) is 12.1 Å². The molecule has 1 spiro atoms. The van der Waals surface area contributed by atoms with Crippen LogP contribution < -0.4 is 4.74 Å². The lowest BCUT2D eigenvalue weighted by atomic mass is 9.43. The topological polar surface area (TPSA) is 198 Å². The first kappa shape index (κ1) is 44.7. The van der Waals surface area contributed by atoms with Crippen molar-refractivity contribution in [3.8, 4) is 5.75 Å². The maximum absolute atomic E-state index is 13.4. The Morgan fingerprint density at radius 1 is 0.774 bits per heavy atom. The molecule has 1 unspecified atom stereocenters. The molecule has 8 aliphatic rings. The van der Waals surface area contributed by atoms with Gasteiger partial charge in [-0.2, -0.15) is 0 Å². The van der Waals surface area contributed by atoms with Gasteiger partial charge in [-0.1, -0.05) is 27.7 Å². The summed E-state index contributed by atoms with van der Waals surface area (Å²) in [6, 6.07) is 6.18. The molecule has 0 aromatic heterocycles. The van der Waals surface area contributed by atoms with Crippen LogP contribution >= 0.6 is 0 Å². The number of aliphatic hydroxyl groups excluding tert-OH is 4. The molecule has 9 rings (SSSR count). The Kier molecular flexibility index (Phi) is 12.3. The number of esters is 2. The van der Waals surface area contributed by atoms with Crippen molar-refractivity contribution in [2.75, 3.05) is 26.9 Å². The largest absolute Gasteiger partial charge is 0.497 e. The summed E-state index contributed by atoms with van der Waals surface area (Å²) in [5, 5.41) is 44.1. The molecule has 15 nitrogen and oxygen atoms in total. The van der Waals surface area contributed by atoms with Gasteiger partial charge in [0.2, 0.25) is 0 Å². The molecular weight excluding hydrogens is 805 g/mol. The Labute approximate surface area is 364 Å². The first-order valence-electron chi connectivity index (χ1n) is 23.2. The van der Waals surface area contributed by atoms with E-state index in [4.69, 9.17) is 42.6 Å². The Balaban J connectivity index is 1.02. The molecule has 0 bridgehead atoms. The quantitative estimate of drug-likeness (QED) is 0.215. The first-order valence-corrected chi connectivity index (χ1v) is 23.2. The number of rotatable bonds is 8. The molecule has 4 N–H and O–H groups in total. The smallest absolute Gasteiger partial charge is 0.338 e. The summed E-state index contributed by atoms with van der Waals surface area (Å²) >= 11 is 0. The van der Waals surface area contributed by atoms with Gasteiger partial charge in [0.15, 0.2) is 30.6 Å². The molecule has 1 aromatic rings. The highest BCUT2D eigenvalue weighted by atomic mass is 16.8. The number of hydrogen-bond acceptors (Lipinski definition) is 15. The van der Waals surface area contributed by atoms with Crippen LogP contribution in [-0.2, 0) is 42.7 Å². The number of benzene rings is 1. The van der Waals surface area contributed by atoms with Crippen LogP contribution in [0.5, 0.6) is 5.75 Å². The molecule has 4 saturated carbocycles. The van der Waals surface area contributed by atoms with Gasteiger partial charge in [0.1, 0.15) is 30.2 Å². The molecule has 0 radical (unpaired) electrons. The lowest BCUT2D eigenvalue weighted by Crippen LogP contribution is -2.64. The van der Waals surface area contributed by atoms with E-state index in [1.165, 1.54) is 26.2 Å². The number of carbonyl (C=O) groups excluding carboxylic acids is 2. The van der Waals surface area contributed by atoms with Crippen LogP contribution in [0, 0.1) is 52.3 Å². The lowest BCUT2D eigenvalue weighted by molar-refractivity contribution is -0.348. The van der Waals surface area contributed by atoms with Crippen molar-refractivity contribution in [2.45, 2.75) is 166 Å². The number of ether oxygens (including phenoxy) is 9. The van der Waals surface area contributed by atoms with Crippen LogP contribution in [-0.4, -0.2) is 133 Å². The molecule has 21 atom stereocenters. The maximum Gasteiger partial charge on any atom is 0.338 e. The number of fused-ring (bicyclic) bond motifs is 7. The van der Waals surface area contributed by atoms with Crippen molar-refractivity contribution >= 4 is 11.9 Å². The predicted molar refractivity (Wildman–Crippen MR) is 218 cm³/mol. The molecule has 0 amide bonds. The normalized spacial score (nSPS) is 49.8. The van der Waals surface area contributed by atoms with Gasteiger partial charge >= 0.3 is 11.9 Å². The Bertz CT molecular complexity index is 1770. The average molecular weight is 873 g/mol. The molecule has 4 aliphatic carbocycles. The third-order valence-corrected chi connectivity index (χ3v) is 17.3. The predicted octanol–water partition coefficient (Wildman–Crippen LogP) is 4.14. The highest BCUT2D eigenvalue weighted by Crippen LogP contribution is 2.72. The standard InChI is InChI=1S/C47H68O15/c1-23-13-16-47(57-20-23)24(2)37-35(62-47)18-32-30-12-9-27-17-28(49)14-15-45(27,4)31(30)19-36(46(32,37)5)59-44-41(58-25(3)48)39(34(51)22-56-44)61-43-40(38(52)33(50)21-55-43)60-42(53)26-7-10-29(54-6)11-8-26/h7-8,10-11,23-24,27-28,30-41,43-44,49-52H,9,12-22H2,1-6H3/t23-,24+,27?,28+,30-,31+,32+,33-,34+,35+,36-,37+,38+,39+,40-,41-,43+,44+,45+,46-,47-/m1/s1. The minimum atomic E-state index is -1.61. The summed E-state index contributed by atoms with van der Waals surface area (Å²) in [4.78, 5) is 26.3. The van der Waals surface area contributed by atoms with E-state index in [1.807, 2.05) is 0 Å². The van der Waals surface area contributed by atoms with Crippen molar-refractivity contribution in [3.05, 3.63) is 29.8 Å². The van der Waals surface area contributed by atoms with Crippen LogP contribution in [0.25, 0.3) is 0 Å². The molecule has 4 aliphatic heterocycles. The van der Waals surface area contributed by atoms with E-state index in [2.05, 4.69) is 27.7 Å². The summed E-state index contributed by atoms with van der Waals surface area (Å²) in [6.07, 6.45) is -3.64. The number of carbonyl (C=O) groups is 2. The SMILES string of the molecule is COc1ccc(C(=O)O[C@H]2[C@H](O[C@@H]3[C@@H](OC(C)=O)[C@H](O[C@@H]4C[C@H]5[C@@H](CCC6C[C@@H](O)CC[C@@]65C)[C@@H]5C[C@@H]6O[C@]7(CC[C@@H](C)CO7)[C@@H](C)[C@@H]6[C@@]45C)OC[C@@H]3O)OC[C@@H](O)[C@@H]2O)cc1. The summed E-state index contributed by atoms with van der Waals surface area (Å²) in [5.41, 5.74) is -0.223. The van der Waals surface area contributed by atoms with E-state index >= 15 is 0 Å². The zero-order chi connectivity index (χ0) is 43.9. The summed E-state index contributed by atoms with van der Waals surface area (Å²) in [7, 11) is 1.50. The van der Waals surface area contributed by atoms with Crippen molar-refractivity contribution in [1.82, 2.24) is 0 Å². The van der Waals surface area contributed by atoms with Gasteiger partial charge in [0.05, 0.1) is 50.8 Å². The van der Waals surface area contributed by atoms with Crippen molar-refractivity contribution in [1.29, 1.82) is 0 Å². The van der Waals surface area contributed by atoms with E-state index < -0.39 is 66.9 Å². The fourth-order valence-corrected chi connectivity index (χ4v) is 14.0. The average Bonchev–Trinajstić information content (AvgIpc) is 3.70. The molecule has 62 heavy (non-hydrogen) atoms. The minimum Gasteiger partial charge on any atom is -0.497 e. The monoisotopic (exact) mass is 872 g/mol. The Morgan fingerprint density at radius 2 is 1.50 bits per heavy atom. The van der Waals surface area contributed by atoms with Crippen LogP contribution in [0.15, 0.2) is 24.3 Å². The van der Waals surface area contributed by atoms with E-state index in [9.17, 15) is 30.0 Å². The number of hydrogen-bond donors (Lipinski definition) is 4. The van der Waals surface area contributed by atoms with E-state index in [0.717, 1.165) is 57.8 Å². The van der Waals surface area contributed by atoms with Crippen LogP contribution in [0.1, 0.15) is 103 Å². The second-order valence-corrected chi connectivity index (χ2v) is 20.6. The Morgan fingerprint density at radius 3 is 2.19 bits per heavy atom. The fraction of sp³-hybridized carbons (Fsp3) is 0.830. The number of methoxy groups -OCH3 is 1. The third-order valence-electron chi connectivity index (χ3n) is 17.3. The zero-order valence-electron chi connectivity index (χ0n) is 37.0. The number of aliphatic hydroxyl groups is 4. The van der Waals surface area contributed by atoms with Gasteiger partial charge in [0.25, 0.3) is 0 Å². The highest BCUT2D eigenvalue weighted by molar-refractivity contribution is 5.89. The molecular formula is C47H68O15. The van der Waals surface area contributed by atoms with Gasteiger partial charge in [-0.3, -0.25) is 4.79 Å². The van der Waals surface area contributed by atoms with E-state index in [0.29, 0.717) is 36.0 Å². The first-order chi connectivity index (χ1) is 29.6. The Hall–Kier alpha value is -2.44. The van der Waals surface area contributed by atoms with Gasteiger partial charge < -0.3 is 63.1 Å². The third kappa shape index (κ3) is 7.61. The van der Waals surface area contributed by atoms with Crippen molar-refractivity contribution in [2.24, 2.45) is 52.3 Å². The lowest BCUT2D eigenvalue weighted by Gasteiger charge is -2.63. The van der Waals surface area contributed by atoms with Gasteiger partial charge in [-0.05, 0) is 111 Å². The minimum absolute atomic E-state index is 0.00559. The summed E-state index contributed by atoms with van der Waals surface area (Å²) < 4.78 is 56.6. The maximum atomic E-state index is 13.4. The summed E-state index contributed by atoms with van der Waals surface area (Å²) in [6.45, 7) is 10.6. The molecule has 4 saturated heterocycles. The van der Waals surface area contributed by atoms with E-state index in [-0.39, 0.29) is 65.7 Å². The van der Waals surface area contributed by atoms with Gasteiger partial charge in [-0.15, -0.1) is 0 Å².